The molecule has 0 unspecified atom stereocenters. The van der Waals surface area contributed by atoms with Gasteiger partial charge < -0.3 is 11.1 Å². The lowest BCUT2D eigenvalue weighted by Crippen LogP contribution is -2.13. The van der Waals surface area contributed by atoms with Gasteiger partial charge in [0.05, 0.1) is 5.69 Å². The van der Waals surface area contributed by atoms with Crippen molar-refractivity contribution in [2.24, 2.45) is 0 Å². The van der Waals surface area contributed by atoms with E-state index in [2.05, 4.69) is 16.4 Å². The van der Waals surface area contributed by atoms with E-state index >= 15 is 0 Å². The minimum Gasteiger partial charge on any atom is -0.397 e. The maximum atomic E-state index is 12.7. The number of anilines is 2. The van der Waals surface area contributed by atoms with E-state index in [9.17, 15) is 4.79 Å². The molecule has 1 aliphatic carbocycles. The molecule has 0 radical (unpaired) electrons. The number of aromatic nitrogens is 2. The van der Waals surface area contributed by atoms with Crippen LogP contribution in [0.2, 0.25) is 0 Å². The molecule has 134 valence electrons. The van der Waals surface area contributed by atoms with Gasteiger partial charge in [-0.1, -0.05) is 12.8 Å². The van der Waals surface area contributed by atoms with E-state index < -0.39 is 0 Å². The molecule has 0 aromatic carbocycles. The third-order valence-corrected chi connectivity index (χ3v) is 5.98. The van der Waals surface area contributed by atoms with Gasteiger partial charge in [-0.05, 0) is 61.9 Å². The summed E-state index contributed by atoms with van der Waals surface area (Å²) in [6, 6.07) is 5.88. The number of hydrogen-bond acceptors (Lipinski definition) is 5. The van der Waals surface area contributed by atoms with Crippen molar-refractivity contribution in [3.63, 3.8) is 0 Å². The van der Waals surface area contributed by atoms with Crippen molar-refractivity contribution in [2.75, 3.05) is 11.1 Å². The maximum absolute atomic E-state index is 12.7. The number of nitrogens with one attached hydrogen (secondary N) is 1. The second kappa shape index (κ2) is 7.03. The Morgan fingerprint density at radius 1 is 1.19 bits per heavy atom. The summed E-state index contributed by atoms with van der Waals surface area (Å²) < 4.78 is 0. The SMILES string of the molecule is Cc1ccnc(NC(=O)c2sc3nc4c(cc3c2N)CCCCCC4)c1. The first-order valence-corrected chi connectivity index (χ1v) is 9.88. The second-order valence-corrected chi connectivity index (χ2v) is 7.88. The summed E-state index contributed by atoms with van der Waals surface area (Å²) in [4.78, 5) is 23.1. The van der Waals surface area contributed by atoms with Gasteiger partial charge in [-0.3, -0.25) is 4.79 Å². The highest BCUT2D eigenvalue weighted by Crippen LogP contribution is 2.35. The molecule has 6 heteroatoms. The summed E-state index contributed by atoms with van der Waals surface area (Å²) in [5.74, 6) is 0.308. The highest BCUT2D eigenvalue weighted by molar-refractivity contribution is 7.21. The Morgan fingerprint density at radius 2 is 2.00 bits per heavy atom. The van der Waals surface area contributed by atoms with Crippen molar-refractivity contribution in [3.8, 4) is 0 Å². The van der Waals surface area contributed by atoms with Gasteiger partial charge in [0.2, 0.25) is 0 Å². The lowest BCUT2D eigenvalue weighted by Gasteiger charge is -2.12. The number of rotatable bonds is 2. The molecule has 3 N–H and O–H groups in total. The standard InChI is InChI=1S/C20H22N4OS/c1-12-8-9-22-16(10-12)24-19(25)18-17(21)14-11-13-6-4-2-3-5-7-15(13)23-20(14)26-18/h8-11H,2-7,21H2,1H3,(H,22,24,25). The van der Waals surface area contributed by atoms with E-state index in [4.69, 9.17) is 10.7 Å². The van der Waals surface area contributed by atoms with Crippen molar-refractivity contribution >= 4 is 39.0 Å². The molecule has 0 saturated carbocycles. The van der Waals surface area contributed by atoms with E-state index in [0.29, 0.717) is 16.4 Å². The Kier molecular flexibility index (Phi) is 4.59. The third-order valence-electron chi connectivity index (χ3n) is 4.86. The molecule has 3 aromatic heterocycles. The molecule has 0 spiro atoms. The number of nitrogen functional groups attached to an aromatic ring is 1. The van der Waals surface area contributed by atoms with Crippen LogP contribution in [0.1, 0.15) is 52.2 Å². The molecule has 3 aromatic rings. The number of aryl methyl sites for hydroxylation is 3. The molecule has 0 bridgehead atoms. The largest absolute Gasteiger partial charge is 0.397 e. The molecule has 1 amide bonds. The van der Waals surface area contributed by atoms with Crippen molar-refractivity contribution in [3.05, 3.63) is 46.1 Å². The zero-order chi connectivity index (χ0) is 18.1. The quantitative estimate of drug-likeness (QED) is 0.700. The first-order valence-electron chi connectivity index (χ1n) is 9.06. The van der Waals surface area contributed by atoms with Crippen LogP contribution in [0.3, 0.4) is 0 Å². The van der Waals surface area contributed by atoms with Gasteiger partial charge in [-0.25, -0.2) is 9.97 Å². The van der Waals surface area contributed by atoms with E-state index in [-0.39, 0.29) is 5.91 Å². The Labute approximate surface area is 156 Å². The average molecular weight is 366 g/mol. The molecular weight excluding hydrogens is 344 g/mol. The minimum atomic E-state index is -0.226. The lowest BCUT2D eigenvalue weighted by atomic mass is 9.96. The Morgan fingerprint density at radius 3 is 2.81 bits per heavy atom. The summed E-state index contributed by atoms with van der Waals surface area (Å²) >= 11 is 1.36. The monoisotopic (exact) mass is 366 g/mol. The van der Waals surface area contributed by atoms with E-state index in [1.807, 2.05) is 19.1 Å². The number of amides is 1. The molecule has 5 nitrogen and oxygen atoms in total. The minimum absolute atomic E-state index is 0.226. The Balaban J connectivity index is 1.69. The van der Waals surface area contributed by atoms with Crippen LogP contribution < -0.4 is 11.1 Å². The van der Waals surface area contributed by atoms with Crippen LogP contribution in [0, 0.1) is 6.92 Å². The average Bonchev–Trinajstić information content (AvgIpc) is 2.91. The predicted molar refractivity (Wildman–Crippen MR) is 107 cm³/mol. The number of hydrogen-bond donors (Lipinski definition) is 2. The summed E-state index contributed by atoms with van der Waals surface area (Å²) in [7, 11) is 0. The smallest absolute Gasteiger partial charge is 0.269 e. The van der Waals surface area contributed by atoms with Gasteiger partial charge in [-0.15, -0.1) is 11.3 Å². The lowest BCUT2D eigenvalue weighted by molar-refractivity contribution is 0.103. The zero-order valence-electron chi connectivity index (χ0n) is 14.8. The Hall–Kier alpha value is -2.47. The molecule has 0 fully saturated rings. The van der Waals surface area contributed by atoms with Gasteiger partial charge in [0.25, 0.3) is 5.91 Å². The zero-order valence-corrected chi connectivity index (χ0v) is 15.7. The third kappa shape index (κ3) is 3.29. The van der Waals surface area contributed by atoms with Crippen molar-refractivity contribution < 1.29 is 4.79 Å². The molecule has 0 saturated heterocycles. The maximum Gasteiger partial charge on any atom is 0.269 e. The second-order valence-electron chi connectivity index (χ2n) is 6.88. The summed E-state index contributed by atoms with van der Waals surface area (Å²) in [5.41, 5.74) is 10.3. The van der Waals surface area contributed by atoms with E-state index in [1.165, 1.54) is 48.3 Å². The van der Waals surface area contributed by atoms with Gasteiger partial charge in [-0.2, -0.15) is 0 Å². The number of pyridine rings is 2. The van der Waals surface area contributed by atoms with Crippen LogP contribution in [-0.2, 0) is 12.8 Å². The van der Waals surface area contributed by atoms with Crippen molar-refractivity contribution in [1.29, 1.82) is 0 Å². The molecule has 0 atom stereocenters. The fourth-order valence-corrected chi connectivity index (χ4v) is 4.45. The fraction of sp³-hybridized carbons (Fsp3) is 0.350. The summed E-state index contributed by atoms with van der Waals surface area (Å²) in [5, 5.41) is 3.74. The Bertz CT molecular complexity index is 979. The van der Waals surface area contributed by atoms with Gasteiger partial charge in [0.1, 0.15) is 15.5 Å². The molecule has 0 aliphatic heterocycles. The number of carbonyl (C=O) groups is 1. The summed E-state index contributed by atoms with van der Waals surface area (Å²) in [6.45, 7) is 1.96. The molecular formula is C20H22N4OS. The van der Waals surface area contributed by atoms with Crippen LogP contribution in [0.15, 0.2) is 24.4 Å². The summed E-state index contributed by atoms with van der Waals surface area (Å²) in [6.07, 6.45) is 8.65. The number of thiophene rings is 1. The van der Waals surface area contributed by atoms with Gasteiger partial charge in [0.15, 0.2) is 0 Å². The number of carbonyl (C=O) groups excluding carboxylic acids is 1. The topological polar surface area (TPSA) is 80.9 Å². The van der Waals surface area contributed by atoms with Crippen LogP contribution in [0.4, 0.5) is 11.5 Å². The van der Waals surface area contributed by atoms with Crippen molar-refractivity contribution in [2.45, 2.75) is 45.4 Å². The molecule has 4 rings (SSSR count). The molecule has 26 heavy (non-hydrogen) atoms. The van der Waals surface area contributed by atoms with Gasteiger partial charge >= 0.3 is 0 Å². The fourth-order valence-electron chi connectivity index (χ4n) is 3.46. The van der Waals surface area contributed by atoms with Gasteiger partial charge in [0, 0.05) is 17.3 Å². The predicted octanol–water partition coefficient (Wildman–Crippen LogP) is 4.49. The van der Waals surface area contributed by atoms with Crippen LogP contribution in [-0.4, -0.2) is 15.9 Å². The highest BCUT2D eigenvalue weighted by atomic mass is 32.1. The van der Waals surface area contributed by atoms with Crippen LogP contribution in [0.5, 0.6) is 0 Å². The first kappa shape index (κ1) is 17.0. The number of nitrogens with zero attached hydrogens (tertiary/aromatic N) is 2. The van der Waals surface area contributed by atoms with Crippen LogP contribution >= 0.6 is 11.3 Å². The highest BCUT2D eigenvalue weighted by Gasteiger charge is 2.20. The normalized spacial score (nSPS) is 14.5. The van der Waals surface area contributed by atoms with Crippen LogP contribution in [0.25, 0.3) is 10.2 Å². The van der Waals surface area contributed by atoms with E-state index in [0.717, 1.165) is 28.6 Å². The molecule has 3 heterocycles. The van der Waals surface area contributed by atoms with E-state index in [1.54, 1.807) is 6.20 Å². The number of nitrogens with two attached hydrogens (primary N) is 1. The van der Waals surface area contributed by atoms with Crippen molar-refractivity contribution in [1.82, 2.24) is 9.97 Å². The number of fused-ring (bicyclic) bond motifs is 2. The molecule has 1 aliphatic rings. The first-order chi connectivity index (χ1) is 12.6.